The second-order valence-electron chi connectivity index (χ2n) is 13.4. The van der Waals surface area contributed by atoms with E-state index in [1.165, 1.54) is 10.4 Å². The second-order valence-corrected chi connectivity index (χ2v) is 18.6. The number of carbonyl (C=O) groups excluding carboxylic acids is 1. The fraction of sp³-hybridized carbons (Fsp3) is 0.325. The van der Waals surface area contributed by atoms with Crippen molar-refractivity contribution in [2.75, 3.05) is 6.61 Å². The molecule has 6 heteroatoms. The summed E-state index contributed by atoms with van der Waals surface area (Å²) in [6.45, 7) is 13.5. The van der Waals surface area contributed by atoms with Crippen molar-refractivity contribution < 1.29 is 9.22 Å². The number of rotatable bonds is 11. The van der Waals surface area contributed by atoms with Gasteiger partial charge in [-0.15, -0.1) is 6.58 Å². The Kier molecular flexibility index (Phi) is 10.9. The van der Waals surface area contributed by atoms with E-state index in [2.05, 4.69) is 118 Å². The number of carbonyl (C=O) groups is 1. The number of amides is 1. The predicted octanol–water partition coefficient (Wildman–Crippen LogP) is 9.60. The minimum atomic E-state index is -2.83. The summed E-state index contributed by atoms with van der Waals surface area (Å²) in [7, 11) is -2.83. The molecule has 1 heterocycles. The molecule has 0 N–H and O–H groups in total. The van der Waals surface area contributed by atoms with Crippen LogP contribution in [-0.2, 0) is 9.22 Å². The van der Waals surface area contributed by atoms with Gasteiger partial charge in [-0.3, -0.25) is 4.79 Å². The zero-order valence-electron chi connectivity index (χ0n) is 27.3. The van der Waals surface area contributed by atoms with Gasteiger partial charge in [0.25, 0.3) is 8.32 Å². The number of nitrogens with zero attached hydrogens (tertiary/aromatic N) is 1. The Labute approximate surface area is 286 Å². The van der Waals surface area contributed by atoms with Gasteiger partial charge < -0.3 is 9.33 Å². The van der Waals surface area contributed by atoms with Crippen LogP contribution in [0.5, 0.6) is 0 Å². The molecule has 240 valence electrons. The third kappa shape index (κ3) is 6.91. The molecule has 4 aromatic carbocycles. The summed E-state index contributed by atoms with van der Waals surface area (Å²) < 4.78 is 7.46. The molecule has 1 aliphatic rings. The molecular weight excluding hydrogens is 625 g/mol. The first-order valence-electron chi connectivity index (χ1n) is 16.3. The number of benzene rings is 4. The molecule has 1 amide bonds. The Hall–Kier alpha value is -3.15. The molecule has 5 rings (SSSR count). The molecule has 46 heavy (non-hydrogen) atoms. The lowest BCUT2D eigenvalue weighted by Crippen LogP contribution is -2.67. The van der Waals surface area contributed by atoms with Gasteiger partial charge in [0.2, 0.25) is 5.91 Å². The topological polar surface area (TPSA) is 29.5 Å². The molecule has 0 aromatic heterocycles. The van der Waals surface area contributed by atoms with Gasteiger partial charge in [0, 0.05) is 21.9 Å². The van der Waals surface area contributed by atoms with E-state index in [9.17, 15) is 4.79 Å². The molecule has 1 fully saturated rings. The van der Waals surface area contributed by atoms with Gasteiger partial charge in [-0.1, -0.05) is 142 Å². The van der Waals surface area contributed by atoms with Gasteiger partial charge in [0.05, 0.1) is 18.7 Å². The van der Waals surface area contributed by atoms with Gasteiger partial charge in [-0.2, -0.15) is 0 Å². The van der Waals surface area contributed by atoms with Crippen LogP contribution in [-0.4, -0.2) is 31.8 Å². The molecule has 1 aliphatic heterocycles. The summed E-state index contributed by atoms with van der Waals surface area (Å²) in [5, 5.41) is 3.64. The fourth-order valence-electron chi connectivity index (χ4n) is 7.37. The maximum atomic E-state index is 14.7. The van der Waals surface area contributed by atoms with E-state index >= 15 is 0 Å². The minimum Gasteiger partial charge on any atom is -0.405 e. The largest absolute Gasteiger partial charge is 0.405 e. The lowest BCUT2D eigenvalue weighted by molar-refractivity contribution is -0.147. The second kappa shape index (κ2) is 14.7. The van der Waals surface area contributed by atoms with Gasteiger partial charge >= 0.3 is 0 Å². The van der Waals surface area contributed by atoms with Crippen molar-refractivity contribution in [3.63, 3.8) is 0 Å². The SMILES string of the molecule is C=CCC1C[C@H](c2cccc(Cl)c2)[C@@H](c2ccc(Cl)cc2)N(C(CC)CO[Si](c2ccccc2)(c2ccccc2)C(C)(C)C)C1=O. The lowest BCUT2D eigenvalue weighted by atomic mass is 9.74. The number of allylic oxidation sites excluding steroid dienone is 1. The molecule has 1 saturated heterocycles. The van der Waals surface area contributed by atoms with E-state index in [0.29, 0.717) is 29.5 Å². The standard InChI is InChI=1S/C40H45Cl2NO2Si/c1-6-15-31-27-37(30-16-14-17-33(42)26-30)38(29-22-24-32(41)25-23-29)43(39(31)44)34(7-2)28-45-46(40(3,4)5,35-18-10-8-11-19-35)36-20-12-9-13-21-36/h6,8-14,16-26,31,34,37-38H,1,7,15,27-28H2,2-5H3/t31?,34?,37-,38-/m1/s1. The third-order valence-corrected chi connectivity index (χ3v) is 15.0. The fourth-order valence-corrected chi connectivity index (χ4v) is 12.3. The molecule has 4 aromatic rings. The highest BCUT2D eigenvalue weighted by molar-refractivity contribution is 6.99. The van der Waals surface area contributed by atoms with Gasteiger partial charge in [-0.05, 0) is 70.1 Å². The van der Waals surface area contributed by atoms with Crippen LogP contribution >= 0.6 is 23.2 Å². The minimum absolute atomic E-state index is 0.0319. The van der Waals surface area contributed by atoms with Crippen LogP contribution in [0.4, 0.5) is 0 Å². The summed E-state index contributed by atoms with van der Waals surface area (Å²) in [6, 6.07) is 37.1. The highest BCUT2D eigenvalue weighted by Gasteiger charge is 2.51. The van der Waals surface area contributed by atoms with Crippen LogP contribution in [0.2, 0.25) is 15.1 Å². The van der Waals surface area contributed by atoms with Gasteiger partial charge in [0.15, 0.2) is 0 Å². The molecule has 0 bridgehead atoms. The van der Waals surface area contributed by atoms with Crippen LogP contribution in [0.3, 0.4) is 0 Å². The first-order valence-corrected chi connectivity index (χ1v) is 19.0. The quantitative estimate of drug-likeness (QED) is 0.118. The highest BCUT2D eigenvalue weighted by Crippen LogP contribution is 2.48. The smallest absolute Gasteiger partial charge is 0.261 e. The van der Waals surface area contributed by atoms with E-state index in [-0.39, 0.29) is 34.9 Å². The number of halogens is 2. The maximum Gasteiger partial charge on any atom is 0.261 e. The number of likely N-dealkylation sites (tertiary alicyclic amines) is 1. The van der Waals surface area contributed by atoms with Crippen LogP contribution in [0.15, 0.2) is 122 Å². The van der Waals surface area contributed by atoms with E-state index < -0.39 is 8.32 Å². The number of piperidine rings is 1. The van der Waals surface area contributed by atoms with E-state index in [0.717, 1.165) is 17.5 Å². The maximum absolute atomic E-state index is 14.7. The van der Waals surface area contributed by atoms with Crippen molar-refractivity contribution in [1.82, 2.24) is 4.90 Å². The zero-order chi connectivity index (χ0) is 32.9. The van der Waals surface area contributed by atoms with Crippen molar-refractivity contribution in [2.45, 2.75) is 70.0 Å². The average Bonchev–Trinajstić information content (AvgIpc) is 3.05. The van der Waals surface area contributed by atoms with E-state index in [1.54, 1.807) is 0 Å². The summed E-state index contributed by atoms with van der Waals surface area (Å²) in [6.07, 6.45) is 3.95. The van der Waals surface area contributed by atoms with Gasteiger partial charge in [0.1, 0.15) is 0 Å². The lowest BCUT2D eigenvalue weighted by Gasteiger charge is -2.50. The van der Waals surface area contributed by atoms with Crippen molar-refractivity contribution in [3.05, 3.63) is 143 Å². The Balaban J connectivity index is 1.64. The van der Waals surface area contributed by atoms with Crippen molar-refractivity contribution in [2.24, 2.45) is 5.92 Å². The van der Waals surface area contributed by atoms with Gasteiger partial charge in [-0.25, -0.2) is 0 Å². The van der Waals surface area contributed by atoms with Crippen LogP contribution < -0.4 is 10.4 Å². The molecule has 0 aliphatic carbocycles. The zero-order valence-corrected chi connectivity index (χ0v) is 29.8. The molecule has 4 atom stereocenters. The van der Waals surface area contributed by atoms with E-state index in [4.69, 9.17) is 27.6 Å². The number of hydrogen-bond donors (Lipinski definition) is 0. The first-order chi connectivity index (χ1) is 22.1. The molecular formula is C40H45Cl2NO2Si. The van der Waals surface area contributed by atoms with Crippen LogP contribution in [0.1, 0.15) is 70.0 Å². The molecule has 3 nitrogen and oxygen atoms in total. The molecule has 0 radical (unpaired) electrons. The summed E-state index contributed by atoms with van der Waals surface area (Å²) in [5.74, 6) is -0.00703. The van der Waals surface area contributed by atoms with E-state index in [1.807, 2.05) is 36.4 Å². The first kappa shape index (κ1) is 34.2. The third-order valence-electron chi connectivity index (χ3n) is 9.54. The van der Waals surface area contributed by atoms with Crippen molar-refractivity contribution >= 4 is 47.8 Å². The Morgan fingerprint density at radius 1 is 0.870 bits per heavy atom. The summed E-state index contributed by atoms with van der Waals surface area (Å²) in [5.41, 5.74) is 2.19. The summed E-state index contributed by atoms with van der Waals surface area (Å²) >= 11 is 12.9. The van der Waals surface area contributed by atoms with Crippen LogP contribution in [0, 0.1) is 5.92 Å². The highest BCUT2D eigenvalue weighted by atomic mass is 35.5. The monoisotopic (exact) mass is 669 g/mol. The average molecular weight is 671 g/mol. The Morgan fingerprint density at radius 3 is 2.00 bits per heavy atom. The molecule has 0 spiro atoms. The summed E-state index contributed by atoms with van der Waals surface area (Å²) in [4.78, 5) is 16.8. The molecule has 2 unspecified atom stereocenters. The van der Waals surface area contributed by atoms with Crippen LogP contribution in [0.25, 0.3) is 0 Å². The predicted molar refractivity (Wildman–Crippen MR) is 196 cm³/mol. The van der Waals surface area contributed by atoms with Crippen molar-refractivity contribution in [1.29, 1.82) is 0 Å². The number of hydrogen-bond acceptors (Lipinski definition) is 2. The normalized spacial score (nSPS) is 19.6. The Morgan fingerprint density at radius 2 is 1.48 bits per heavy atom. The Bertz CT molecular complexity index is 1560. The molecule has 0 saturated carbocycles. The van der Waals surface area contributed by atoms with Crippen molar-refractivity contribution in [3.8, 4) is 0 Å².